The summed E-state index contributed by atoms with van der Waals surface area (Å²) in [6, 6.07) is 28.9. The quantitative estimate of drug-likeness (QED) is 0.515. The van der Waals surface area contributed by atoms with E-state index in [1.807, 2.05) is 6.21 Å². The van der Waals surface area contributed by atoms with Gasteiger partial charge in [0.2, 0.25) is 0 Å². The van der Waals surface area contributed by atoms with Crippen LogP contribution in [0.2, 0.25) is 0 Å². The van der Waals surface area contributed by atoms with Gasteiger partial charge in [-0.3, -0.25) is 9.89 Å². The van der Waals surface area contributed by atoms with Crippen LogP contribution in [0.25, 0.3) is 0 Å². The lowest BCUT2D eigenvalue weighted by atomic mass is 9.71. The summed E-state index contributed by atoms with van der Waals surface area (Å²) in [6.45, 7) is 2.29. The number of nitrogens with zero attached hydrogens (tertiary/aromatic N) is 2. The first-order chi connectivity index (χ1) is 14.8. The molecular formula is C27H27FN2. The maximum Gasteiger partial charge on any atom is 0.123 e. The third-order valence-electron chi connectivity index (χ3n) is 6.75. The van der Waals surface area contributed by atoms with Gasteiger partial charge in [-0.2, -0.15) is 0 Å². The molecule has 3 fully saturated rings. The highest BCUT2D eigenvalue weighted by atomic mass is 19.1. The van der Waals surface area contributed by atoms with E-state index in [4.69, 9.17) is 4.99 Å². The van der Waals surface area contributed by atoms with E-state index >= 15 is 0 Å². The predicted molar refractivity (Wildman–Crippen MR) is 121 cm³/mol. The van der Waals surface area contributed by atoms with Crippen molar-refractivity contribution < 1.29 is 4.39 Å². The lowest BCUT2D eigenvalue weighted by molar-refractivity contribution is 0.0215. The molecule has 3 heterocycles. The number of piperidine rings is 3. The van der Waals surface area contributed by atoms with Gasteiger partial charge >= 0.3 is 0 Å². The molecule has 30 heavy (non-hydrogen) atoms. The molecule has 152 valence electrons. The van der Waals surface area contributed by atoms with Crippen molar-refractivity contribution in [2.75, 3.05) is 13.1 Å². The summed E-state index contributed by atoms with van der Waals surface area (Å²) in [6.07, 6.45) is 4.36. The van der Waals surface area contributed by atoms with Crippen LogP contribution in [0.3, 0.4) is 0 Å². The predicted octanol–water partition coefficient (Wildman–Crippen LogP) is 5.54. The van der Waals surface area contributed by atoms with Crippen molar-refractivity contribution >= 4 is 6.21 Å². The molecule has 0 radical (unpaired) electrons. The van der Waals surface area contributed by atoms with E-state index in [0.717, 1.165) is 18.7 Å². The Kier molecular flexibility index (Phi) is 5.46. The van der Waals surface area contributed by atoms with Gasteiger partial charge < -0.3 is 0 Å². The molecule has 3 aromatic rings. The highest BCUT2D eigenvalue weighted by Crippen LogP contribution is 2.43. The van der Waals surface area contributed by atoms with Crippen LogP contribution in [0, 0.1) is 11.7 Å². The first-order valence-corrected chi connectivity index (χ1v) is 10.9. The summed E-state index contributed by atoms with van der Waals surface area (Å²) in [5.74, 6) is 0.679. The van der Waals surface area contributed by atoms with Crippen LogP contribution < -0.4 is 0 Å². The summed E-state index contributed by atoms with van der Waals surface area (Å²) in [5.41, 5.74) is 3.66. The lowest BCUT2D eigenvalue weighted by Gasteiger charge is -2.52. The highest BCUT2D eigenvalue weighted by molar-refractivity contribution is 5.79. The molecule has 2 nitrogen and oxygen atoms in total. The normalized spacial score (nSPS) is 25.8. The Bertz CT molecular complexity index is 937. The largest absolute Gasteiger partial charge is 0.297 e. The van der Waals surface area contributed by atoms with Crippen LogP contribution in [0.15, 0.2) is 89.9 Å². The van der Waals surface area contributed by atoms with Crippen molar-refractivity contribution in [2.45, 2.75) is 30.8 Å². The molecule has 3 aliphatic heterocycles. The number of hydrogen-bond donors (Lipinski definition) is 0. The van der Waals surface area contributed by atoms with E-state index in [1.54, 1.807) is 12.1 Å². The van der Waals surface area contributed by atoms with Gasteiger partial charge in [-0.25, -0.2) is 4.39 Å². The number of halogens is 1. The molecule has 0 aliphatic carbocycles. The minimum Gasteiger partial charge on any atom is -0.297 e. The molecule has 3 aliphatic rings. The molecule has 0 saturated carbocycles. The summed E-state index contributed by atoms with van der Waals surface area (Å²) in [5, 5.41) is 0. The molecule has 3 aromatic carbocycles. The zero-order chi connectivity index (χ0) is 20.3. The summed E-state index contributed by atoms with van der Waals surface area (Å²) >= 11 is 0. The second kappa shape index (κ2) is 8.53. The van der Waals surface area contributed by atoms with Crippen molar-refractivity contribution in [3.8, 4) is 0 Å². The number of fused-ring (bicyclic) bond motifs is 3. The SMILES string of the molecule is Fc1ccc(C=NC2C3CCN(CC3)C2C(c2ccccc2)c2ccccc2)cc1. The van der Waals surface area contributed by atoms with Gasteiger partial charge in [0.05, 0.1) is 6.04 Å². The number of hydrogen-bond acceptors (Lipinski definition) is 2. The molecular weight excluding hydrogens is 371 g/mol. The van der Waals surface area contributed by atoms with Crippen LogP contribution in [0.1, 0.15) is 35.4 Å². The van der Waals surface area contributed by atoms with Crippen molar-refractivity contribution in [1.29, 1.82) is 0 Å². The van der Waals surface area contributed by atoms with Gasteiger partial charge in [0.1, 0.15) is 5.82 Å². The zero-order valence-corrected chi connectivity index (χ0v) is 17.1. The average molecular weight is 399 g/mol. The minimum absolute atomic E-state index is 0.207. The van der Waals surface area contributed by atoms with Crippen LogP contribution >= 0.6 is 0 Å². The summed E-state index contributed by atoms with van der Waals surface area (Å²) < 4.78 is 13.3. The second-order valence-electron chi connectivity index (χ2n) is 8.48. The van der Waals surface area contributed by atoms with Gasteiger partial charge in [-0.05, 0) is 60.7 Å². The van der Waals surface area contributed by atoms with E-state index in [-0.39, 0.29) is 17.8 Å². The molecule has 2 bridgehead atoms. The van der Waals surface area contributed by atoms with Crippen LogP contribution in [-0.4, -0.2) is 36.3 Å². The van der Waals surface area contributed by atoms with E-state index in [9.17, 15) is 4.39 Å². The van der Waals surface area contributed by atoms with Crippen LogP contribution in [0.5, 0.6) is 0 Å². The van der Waals surface area contributed by atoms with Crippen LogP contribution in [0.4, 0.5) is 4.39 Å². The van der Waals surface area contributed by atoms with E-state index in [2.05, 4.69) is 65.6 Å². The molecule has 3 saturated heterocycles. The molecule has 3 heteroatoms. The molecule has 0 N–H and O–H groups in total. The van der Waals surface area contributed by atoms with Crippen molar-refractivity contribution in [1.82, 2.24) is 4.90 Å². The Labute approximate surface area is 178 Å². The average Bonchev–Trinajstić information content (AvgIpc) is 2.82. The van der Waals surface area contributed by atoms with Gasteiger partial charge in [0.15, 0.2) is 0 Å². The first-order valence-electron chi connectivity index (χ1n) is 10.9. The lowest BCUT2D eigenvalue weighted by Crippen LogP contribution is -2.59. The Morgan fingerprint density at radius 1 is 0.800 bits per heavy atom. The Hall–Kier alpha value is -2.78. The highest BCUT2D eigenvalue weighted by Gasteiger charge is 2.46. The van der Waals surface area contributed by atoms with Crippen LogP contribution in [-0.2, 0) is 0 Å². The van der Waals surface area contributed by atoms with Gasteiger partial charge in [-0.15, -0.1) is 0 Å². The zero-order valence-electron chi connectivity index (χ0n) is 17.1. The Morgan fingerprint density at radius 3 is 1.93 bits per heavy atom. The monoisotopic (exact) mass is 398 g/mol. The van der Waals surface area contributed by atoms with E-state index < -0.39 is 0 Å². The third-order valence-corrected chi connectivity index (χ3v) is 6.75. The Balaban J connectivity index is 1.54. The van der Waals surface area contributed by atoms with Crippen molar-refractivity contribution in [3.63, 3.8) is 0 Å². The fourth-order valence-corrected chi connectivity index (χ4v) is 5.30. The maximum absolute atomic E-state index is 13.3. The number of benzene rings is 3. The second-order valence-corrected chi connectivity index (χ2v) is 8.48. The van der Waals surface area contributed by atoms with Gasteiger partial charge in [0, 0.05) is 18.2 Å². The molecule has 2 atom stereocenters. The molecule has 0 aromatic heterocycles. The molecule has 0 spiro atoms. The Morgan fingerprint density at radius 2 is 1.37 bits per heavy atom. The van der Waals surface area contributed by atoms with Gasteiger partial charge in [-0.1, -0.05) is 72.8 Å². The smallest absolute Gasteiger partial charge is 0.123 e. The van der Waals surface area contributed by atoms with Gasteiger partial charge in [0.25, 0.3) is 0 Å². The summed E-state index contributed by atoms with van der Waals surface area (Å²) in [7, 11) is 0. The minimum atomic E-state index is -0.207. The van der Waals surface area contributed by atoms with E-state index in [1.165, 1.54) is 36.1 Å². The standard InChI is InChI=1S/C27H27FN2/c28-24-13-11-20(12-14-24)19-29-26-23-15-17-30(18-16-23)27(26)25(21-7-3-1-4-8-21)22-9-5-2-6-10-22/h1-14,19,23,25-27H,15-18H2. The summed E-state index contributed by atoms with van der Waals surface area (Å²) in [4.78, 5) is 7.78. The number of rotatable bonds is 5. The van der Waals surface area contributed by atoms with Crippen molar-refractivity contribution in [3.05, 3.63) is 107 Å². The molecule has 6 rings (SSSR count). The fraction of sp³-hybridized carbons (Fsp3) is 0.296. The first kappa shape index (κ1) is 19.2. The number of aliphatic imine (C=N–C) groups is 1. The molecule has 0 amide bonds. The van der Waals surface area contributed by atoms with Crippen molar-refractivity contribution in [2.24, 2.45) is 10.9 Å². The third kappa shape index (κ3) is 3.82. The molecule has 2 unspecified atom stereocenters. The van der Waals surface area contributed by atoms with E-state index in [0.29, 0.717) is 12.0 Å². The fourth-order valence-electron chi connectivity index (χ4n) is 5.30. The maximum atomic E-state index is 13.3. The topological polar surface area (TPSA) is 15.6 Å².